The van der Waals surface area contributed by atoms with Gasteiger partial charge >= 0.3 is 0 Å². The lowest BCUT2D eigenvalue weighted by Gasteiger charge is -2.20. The van der Waals surface area contributed by atoms with Crippen LogP contribution in [0.15, 0.2) is 4.47 Å². The third-order valence-corrected chi connectivity index (χ3v) is 4.53. The van der Waals surface area contributed by atoms with Gasteiger partial charge in [0.2, 0.25) is 0 Å². The second kappa shape index (κ2) is 7.26. The molecule has 0 aliphatic carbocycles. The summed E-state index contributed by atoms with van der Waals surface area (Å²) >= 11 is 3.54. The van der Waals surface area contributed by atoms with Crippen LogP contribution in [0.1, 0.15) is 38.1 Å². The first kappa shape index (κ1) is 15.7. The van der Waals surface area contributed by atoms with Crippen molar-refractivity contribution in [1.82, 2.24) is 15.1 Å². The summed E-state index contributed by atoms with van der Waals surface area (Å²) < 4.78 is 2.92. The Hall–Kier alpha value is -0.390. The molecule has 104 valence electrons. The molecule has 1 heterocycles. The van der Waals surface area contributed by atoms with Crippen LogP contribution in [-0.4, -0.2) is 27.5 Å². The van der Waals surface area contributed by atoms with Gasteiger partial charge in [0.1, 0.15) is 0 Å². The highest BCUT2D eigenvalue weighted by molar-refractivity contribution is 9.10. The minimum Gasteiger partial charge on any atom is -0.392 e. The van der Waals surface area contributed by atoms with Crippen molar-refractivity contribution in [2.24, 2.45) is 13.0 Å². The molecule has 0 radical (unpaired) electrons. The summed E-state index contributed by atoms with van der Waals surface area (Å²) in [5.74, 6) is 0.384. The van der Waals surface area contributed by atoms with Crippen molar-refractivity contribution in [1.29, 1.82) is 0 Å². The first-order chi connectivity index (χ1) is 8.51. The number of aliphatic hydroxyl groups excluding tert-OH is 1. The van der Waals surface area contributed by atoms with E-state index in [2.05, 4.69) is 40.2 Å². The summed E-state index contributed by atoms with van der Waals surface area (Å²) in [5.41, 5.74) is 2.11. The smallest absolute Gasteiger partial charge is 0.0739 e. The maximum Gasteiger partial charge on any atom is 0.0739 e. The normalized spacial score (nSPS) is 13.3. The Kier molecular flexibility index (Phi) is 6.32. The number of aromatic nitrogens is 2. The van der Waals surface area contributed by atoms with E-state index in [0.29, 0.717) is 12.5 Å². The highest BCUT2D eigenvalue weighted by Gasteiger charge is 2.16. The van der Waals surface area contributed by atoms with Crippen LogP contribution in [0.2, 0.25) is 0 Å². The molecule has 0 saturated heterocycles. The summed E-state index contributed by atoms with van der Waals surface area (Å²) in [6, 6.07) is 0. The van der Waals surface area contributed by atoms with E-state index in [9.17, 15) is 5.11 Å². The number of aryl methyl sites for hydroxylation is 2. The molecule has 18 heavy (non-hydrogen) atoms. The predicted molar refractivity (Wildman–Crippen MR) is 77.4 cm³/mol. The second-order valence-electron chi connectivity index (χ2n) is 4.74. The van der Waals surface area contributed by atoms with E-state index in [-0.39, 0.29) is 6.10 Å². The SMILES string of the molecule is CCC(CC)C(O)CNCc1c(Br)c(C)nn1C. The van der Waals surface area contributed by atoms with Crippen molar-refractivity contribution in [2.75, 3.05) is 6.54 Å². The number of nitrogens with zero attached hydrogens (tertiary/aromatic N) is 2. The number of hydrogen-bond donors (Lipinski definition) is 2. The van der Waals surface area contributed by atoms with Crippen LogP contribution in [0.25, 0.3) is 0 Å². The highest BCUT2D eigenvalue weighted by atomic mass is 79.9. The van der Waals surface area contributed by atoms with Gasteiger partial charge < -0.3 is 10.4 Å². The molecule has 1 rings (SSSR count). The number of aliphatic hydroxyl groups is 1. The zero-order valence-corrected chi connectivity index (χ0v) is 13.3. The van der Waals surface area contributed by atoms with Crippen LogP contribution < -0.4 is 5.32 Å². The maximum absolute atomic E-state index is 10.0. The monoisotopic (exact) mass is 317 g/mol. The fraction of sp³-hybridized carbons (Fsp3) is 0.769. The van der Waals surface area contributed by atoms with Crippen molar-refractivity contribution in [3.8, 4) is 0 Å². The van der Waals surface area contributed by atoms with E-state index < -0.39 is 0 Å². The quantitative estimate of drug-likeness (QED) is 0.811. The molecule has 1 aromatic rings. The molecular weight excluding hydrogens is 294 g/mol. The molecule has 4 nitrogen and oxygen atoms in total. The van der Waals surface area contributed by atoms with Crippen molar-refractivity contribution in [3.05, 3.63) is 15.9 Å². The fourth-order valence-electron chi connectivity index (χ4n) is 2.21. The molecular formula is C13H24BrN3O. The molecule has 0 fully saturated rings. The maximum atomic E-state index is 10.0. The third-order valence-electron chi connectivity index (χ3n) is 3.50. The van der Waals surface area contributed by atoms with Crippen LogP contribution in [0.3, 0.4) is 0 Å². The van der Waals surface area contributed by atoms with Crippen molar-refractivity contribution in [2.45, 2.75) is 46.3 Å². The molecule has 1 unspecified atom stereocenters. The van der Waals surface area contributed by atoms with Crippen molar-refractivity contribution < 1.29 is 5.11 Å². The van der Waals surface area contributed by atoms with Crippen molar-refractivity contribution in [3.63, 3.8) is 0 Å². The topological polar surface area (TPSA) is 50.1 Å². The summed E-state index contributed by atoms with van der Waals surface area (Å²) in [6.07, 6.45) is 1.77. The minimum atomic E-state index is -0.270. The lowest BCUT2D eigenvalue weighted by atomic mass is 9.96. The molecule has 1 atom stereocenters. The second-order valence-corrected chi connectivity index (χ2v) is 5.54. The van der Waals surface area contributed by atoms with Gasteiger partial charge in [-0.2, -0.15) is 5.10 Å². The molecule has 0 spiro atoms. The number of hydrogen-bond acceptors (Lipinski definition) is 3. The molecule has 0 aliphatic rings. The van der Waals surface area contributed by atoms with Crippen LogP contribution in [-0.2, 0) is 13.6 Å². The fourth-order valence-corrected chi connectivity index (χ4v) is 2.69. The zero-order chi connectivity index (χ0) is 13.7. The van der Waals surface area contributed by atoms with Crippen LogP contribution in [0.5, 0.6) is 0 Å². The molecule has 5 heteroatoms. The zero-order valence-electron chi connectivity index (χ0n) is 11.7. The van der Waals surface area contributed by atoms with Gasteiger partial charge in [-0.3, -0.25) is 4.68 Å². The van der Waals surface area contributed by atoms with Gasteiger partial charge in [-0.1, -0.05) is 26.7 Å². The molecule has 0 saturated carbocycles. The van der Waals surface area contributed by atoms with Gasteiger partial charge in [-0.25, -0.2) is 0 Å². The molecule has 1 aromatic heterocycles. The van der Waals surface area contributed by atoms with Gasteiger partial charge in [0.15, 0.2) is 0 Å². The number of nitrogens with one attached hydrogen (secondary N) is 1. The lowest BCUT2D eigenvalue weighted by molar-refractivity contribution is 0.101. The Balaban J connectivity index is 2.46. The van der Waals surface area contributed by atoms with E-state index in [4.69, 9.17) is 0 Å². The predicted octanol–water partition coefficient (Wildman–Crippen LogP) is 2.38. The van der Waals surface area contributed by atoms with Gasteiger partial charge in [0.05, 0.1) is 22.0 Å². The van der Waals surface area contributed by atoms with Crippen molar-refractivity contribution >= 4 is 15.9 Å². The molecule has 0 amide bonds. The standard InChI is InChI=1S/C13H24BrN3O/c1-5-10(6-2)12(18)8-15-7-11-13(14)9(3)16-17(11)4/h10,12,15,18H,5-8H2,1-4H3. The van der Waals surface area contributed by atoms with E-state index in [1.54, 1.807) is 0 Å². The van der Waals surface area contributed by atoms with Crippen LogP contribution in [0.4, 0.5) is 0 Å². The van der Waals surface area contributed by atoms with Crippen LogP contribution >= 0.6 is 15.9 Å². The summed E-state index contributed by atoms with van der Waals surface area (Å²) in [4.78, 5) is 0. The third kappa shape index (κ3) is 3.80. The van der Waals surface area contributed by atoms with E-state index in [1.165, 1.54) is 0 Å². The van der Waals surface area contributed by atoms with Gasteiger partial charge in [-0.15, -0.1) is 0 Å². The largest absolute Gasteiger partial charge is 0.392 e. The summed E-state index contributed by atoms with van der Waals surface area (Å²) in [7, 11) is 1.94. The highest BCUT2D eigenvalue weighted by Crippen LogP contribution is 2.20. The molecule has 0 bridgehead atoms. The Morgan fingerprint density at radius 3 is 2.44 bits per heavy atom. The van der Waals surface area contributed by atoms with Gasteiger partial charge in [0.25, 0.3) is 0 Å². The summed E-state index contributed by atoms with van der Waals surface area (Å²) in [6.45, 7) is 7.57. The van der Waals surface area contributed by atoms with E-state index in [0.717, 1.165) is 35.2 Å². The molecule has 0 aliphatic heterocycles. The molecule has 0 aromatic carbocycles. The lowest BCUT2D eigenvalue weighted by Crippen LogP contribution is -2.32. The van der Waals surface area contributed by atoms with E-state index >= 15 is 0 Å². The average molecular weight is 318 g/mol. The van der Waals surface area contributed by atoms with E-state index in [1.807, 2.05) is 18.7 Å². The summed E-state index contributed by atoms with van der Waals surface area (Å²) in [5, 5.41) is 17.7. The molecule has 2 N–H and O–H groups in total. The Morgan fingerprint density at radius 2 is 2.00 bits per heavy atom. The minimum absolute atomic E-state index is 0.270. The van der Waals surface area contributed by atoms with Gasteiger partial charge in [-0.05, 0) is 28.8 Å². The van der Waals surface area contributed by atoms with Gasteiger partial charge in [0, 0.05) is 20.1 Å². The number of rotatable bonds is 7. The Morgan fingerprint density at radius 1 is 1.39 bits per heavy atom. The Bertz CT molecular complexity index is 375. The first-order valence-corrected chi connectivity index (χ1v) is 7.37. The Labute approximate surface area is 118 Å². The van der Waals surface area contributed by atoms with Crippen LogP contribution in [0, 0.1) is 12.8 Å². The first-order valence-electron chi connectivity index (χ1n) is 6.57. The number of halogens is 1. The average Bonchev–Trinajstić information content (AvgIpc) is 2.57.